The van der Waals surface area contributed by atoms with Gasteiger partial charge in [0.1, 0.15) is 17.4 Å². The molecule has 0 unspecified atom stereocenters. The van der Waals surface area contributed by atoms with Crippen LogP contribution in [-0.4, -0.2) is 13.7 Å². The van der Waals surface area contributed by atoms with Gasteiger partial charge in [-0.1, -0.05) is 12.1 Å². The second-order valence-corrected chi connectivity index (χ2v) is 6.69. The molecular formula is C22H17F4NO. The minimum atomic E-state index is -0.985. The second kappa shape index (κ2) is 7.19. The predicted molar refractivity (Wildman–Crippen MR) is 98.6 cm³/mol. The van der Waals surface area contributed by atoms with Crippen LogP contribution in [0.25, 0.3) is 0 Å². The van der Waals surface area contributed by atoms with Gasteiger partial charge in [-0.25, -0.2) is 17.6 Å². The number of hydrogen-bond acceptors (Lipinski definition) is 2. The van der Waals surface area contributed by atoms with Crippen molar-refractivity contribution < 1.29 is 22.3 Å². The lowest BCUT2D eigenvalue weighted by molar-refractivity contribution is 0.413. The Morgan fingerprint density at radius 2 is 1.68 bits per heavy atom. The molecule has 1 aliphatic rings. The van der Waals surface area contributed by atoms with Crippen molar-refractivity contribution in [1.82, 2.24) is 0 Å². The number of anilines is 1. The summed E-state index contributed by atoms with van der Waals surface area (Å²) in [4.78, 5) is 1.64. The van der Waals surface area contributed by atoms with Gasteiger partial charge in [-0.3, -0.25) is 0 Å². The van der Waals surface area contributed by atoms with Gasteiger partial charge in [0, 0.05) is 12.6 Å². The van der Waals surface area contributed by atoms with Crippen LogP contribution < -0.4 is 9.64 Å². The first kappa shape index (κ1) is 18.3. The summed E-state index contributed by atoms with van der Waals surface area (Å²) in [5.74, 6) is -2.75. The van der Waals surface area contributed by atoms with E-state index in [1.165, 1.54) is 24.3 Å². The molecule has 0 spiro atoms. The fraction of sp³-hybridized carbons (Fsp3) is 0.182. The maximum atomic E-state index is 14.5. The highest BCUT2D eigenvalue weighted by Crippen LogP contribution is 2.40. The van der Waals surface area contributed by atoms with E-state index in [0.717, 1.165) is 23.3 Å². The van der Waals surface area contributed by atoms with Crippen molar-refractivity contribution in [1.29, 1.82) is 0 Å². The molecule has 0 aromatic heterocycles. The van der Waals surface area contributed by atoms with E-state index in [1.807, 2.05) is 6.07 Å². The molecule has 0 amide bonds. The Morgan fingerprint density at radius 3 is 2.39 bits per heavy atom. The zero-order chi connectivity index (χ0) is 19.8. The third kappa shape index (κ3) is 3.19. The Kier molecular flexibility index (Phi) is 4.71. The summed E-state index contributed by atoms with van der Waals surface area (Å²) in [7, 11) is 1.55. The van der Waals surface area contributed by atoms with E-state index in [0.29, 0.717) is 24.3 Å². The Hall–Kier alpha value is -3.02. The van der Waals surface area contributed by atoms with Gasteiger partial charge in [0.05, 0.1) is 18.8 Å². The first-order chi connectivity index (χ1) is 13.5. The van der Waals surface area contributed by atoms with Crippen LogP contribution >= 0.6 is 0 Å². The van der Waals surface area contributed by atoms with Crippen LogP contribution in [0, 0.1) is 23.3 Å². The standard InChI is InChI=1S/C22H17F4NO/c1-28-17-5-6-18-13(11-17)7-8-27(20-4-2-3-19(25)21(20)26)22(18)14-9-15(23)12-16(24)10-14/h2-6,9-12,22H,7-8H2,1H3/t22-/m1/s1. The lowest BCUT2D eigenvalue weighted by Gasteiger charge is -2.39. The molecule has 4 rings (SSSR count). The van der Waals surface area contributed by atoms with Crippen LogP contribution in [0.15, 0.2) is 54.6 Å². The fourth-order valence-corrected chi connectivity index (χ4v) is 3.80. The van der Waals surface area contributed by atoms with Crippen molar-refractivity contribution in [2.45, 2.75) is 12.5 Å². The Balaban J connectivity index is 1.91. The molecule has 1 atom stereocenters. The number of rotatable bonds is 3. The van der Waals surface area contributed by atoms with E-state index in [1.54, 1.807) is 24.1 Å². The topological polar surface area (TPSA) is 12.5 Å². The molecule has 0 saturated heterocycles. The van der Waals surface area contributed by atoms with Gasteiger partial charge in [-0.15, -0.1) is 0 Å². The number of ether oxygens (including phenoxy) is 1. The van der Waals surface area contributed by atoms with Crippen LogP contribution in [0.2, 0.25) is 0 Å². The van der Waals surface area contributed by atoms with Crippen molar-refractivity contribution in [2.24, 2.45) is 0 Å². The largest absolute Gasteiger partial charge is 0.497 e. The van der Waals surface area contributed by atoms with E-state index in [-0.39, 0.29) is 5.69 Å². The molecule has 0 N–H and O–H groups in total. The van der Waals surface area contributed by atoms with Crippen LogP contribution in [0.5, 0.6) is 5.75 Å². The zero-order valence-electron chi connectivity index (χ0n) is 15.1. The lowest BCUT2D eigenvalue weighted by atomic mass is 9.87. The Morgan fingerprint density at radius 1 is 0.929 bits per heavy atom. The van der Waals surface area contributed by atoms with Crippen LogP contribution in [-0.2, 0) is 6.42 Å². The average Bonchev–Trinajstić information content (AvgIpc) is 2.68. The summed E-state index contributed by atoms with van der Waals surface area (Å²) in [5.41, 5.74) is 2.08. The van der Waals surface area contributed by atoms with Gasteiger partial charge in [0.15, 0.2) is 11.6 Å². The van der Waals surface area contributed by atoms with Gasteiger partial charge < -0.3 is 9.64 Å². The summed E-state index contributed by atoms with van der Waals surface area (Å²) in [6, 6.07) is 11.9. The highest BCUT2D eigenvalue weighted by molar-refractivity contribution is 5.57. The molecule has 28 heavy (non-hydrogen) atoms. The van der Waals surface area contributed by atoms with Gasteiger partial charge in [0.2, 0.25) is 0 Å². The SMILES string of the molecule is COc1ccc2c(c1)CCN(c1cccc(F)c1F)[C@@H]2c1cc(F)cc(F)c1. The summed E-state index contributed by atoms with van der Waals surface area (Å²) >= 11 is 0. The molecule has 2 nitrogen and oxygen atoms in total. The van der Waals surface area contributed by atoms with Crippen molar-refractivity contribution in [3.8, 4) is 5.75 Å². The molecule has 144 valence electrons. The van der Waals surface area contributed by atoms with E-state index in [2.05, 4.69) is 0 Å². The molecular weight excluding hydrogens is 370 g/mol. The maximum Gasteiger partial charge on any atom is 0.182 e. The number of fused-ring (bicyclic) bond motifs is 1. The van der Waals surface area contributed by atoms with Gasteiger partial charge in [-0.2, -0.15) is 0 Å². The smallest absolute Gasteiger partial charge is 0.182 e. The van der Waals surface area contributed by atoms with E-state index >= 15 is 0 Å². The van der Waals surface area contributed by atoms with E-state index in [4.69, 9.17) is 4.74 Å². The second-order valence-electron chi connectivity index (χ2n) is 6.69. The molecule has 6 heteroatoms. The number of hydrogen-bond donors (Lipinski definition) is 0. The number of halogens is 4. The first-order valence-electron chi connectivity index (χ1n) is 8.81. The minimum Gasteiger partial charge on any atom is -0.497 e. The van der Waals surface area contributed by atoms with Gasteiger partial charge >= 0.3 is 0 Å². The van der Waals surface area contributed by atoms with Gasteiger partial charge in [0.25, 0.3) is 0 Å². The number of benzene rings is 3. The monoisotopic (exact) mass is 387 g/mol. The summed E-state index contributed by atoms with van der Waals surface area (Å²) < 4.78 is 61.5. The zero-order valence-corrected chi connectivity index (χ0v) is 15.1. The quantitative estimate of drug-likeness (QED) is 0.558. The molecule has 1 heterocycles. The Labute approximate surface area is 160 Å². The first-order valence-corrected chi connectivity index (χ1v) is 8.81. The van der Waals surface area contributed by atoms with Crippen molar-refractivity contribution >= 4 is 5.69 Å². The Bertz CT molecular complexity index is 1020. The highest BCUT2D eigenvalue weighted by atomic mass is 19.2. The highest BCUT2D eigenvalue weighted by Gasteiger charge is 2.32. The molecule has 0 fully saturated rings. The molecule has 3 aromatic carbocycles. The van der Waals surface area contributed by atoms with Crippen LogP contribution in [0.4, 0.5) is 23.2 Å². The maximum absolute atomic E-state index is 14.5. The molecule has 1 aliphatic heterocycles. The average molecular weight is 387 g/mol. The number of methoxy groups -OCH3 is 1. The van der Waals surface area contributed by atoms with Crippen LogP contribution in [0.3, 0.4) is 0 Å². The molecule has 3 aromatic rings. The van der Waals surface area contributed by atoms with E-state index in [9.17, 15) is 17.6 Å². The third-order valence-electron chi connectivity index (χ3n) is 5.02. The molecule has 0 bridgehead atoms. The minimum absolute atomic E-state index is 0.0520. The predicted octanol–water partition coefficient (Wildman–Crippen LogP) is 5.40. The fourth-order valence-electron chi connectivity index (χ4n) is 3.80. The van der Waals surface area contributed by atoms with E-state index < -0.39 is 29.3 Å². The summed E-state index contributed by atoms with van der Waals surface area (Å²) in [6.45, 7) is 0.351. The number of nitrogens with zero attached hydrogens (tertiary/aromatic N) is 1. The molecule has 0 aliphatic carbocycles. The normalized spacial score (nSPS) is 16.0. The molecule has 0 saturated carbocycles. The third-order valence-corrected chi connectivity index (χ3v) is 5.02. The van der Waals surface area contributed by atoms with Crippen molar-refractivity contribution in [3.63, 3.8) is 0 Å². The summed E-state index contributed by atoms with van der Waals surface area (Å²) in [6.07, 6.45) is 0.552. The van der Waals surface area contributed by atoms with Crippen molar-refractivity contribution in [3.05, 3.63) is 94.6 Å². The van der Waals surface area contributed by atoms with Crippen LogP contribution in [0.1, 0.15) is 22.7 Å². The summed E-state index contributed by atoms with van der Waals surface area (Å²) in [5, 5.41) is 0. The van der Waals surface area contributed by atoms with Gasteiger partial charge in [-0.05, 0) is 59.5 Å². The molecule has 0 radical (unpaired) electrons. The van der Waals surface area contributed by atoms with Crippen molar-refractivity contribution in [2.75, 3.05) is 18.6 Å². The lowest BCUT2D eigenvalue weighted by Crippen LogP contribution is -2.37.